The van der Waals surface area contributed by atoms with Crippen LogP contribution < -0.4 is 21.3 Å². The number of hydrogen-bond donors (Lipinski definition) is 4. The predicted molar refractivity (Wildman–Crippen MR) is 463 cm³/mol. The highest BCUT2D eigenvalue weighted by molar-refractivity contribution is 9.10. The smallest absolute Gasteiger partial charge is 0.275 e. The summed E-state index contributed by atoms with van der Waals surface area (Å²) in [4.78, 5) is 109. The van der Waals surface area contributed by atoms with Crippen molar-refractivity contribution in [1.82, 2.24) is 99.4 Å². The van der Waals surface area contributed by atoms with Crippen LogP contribution in [0.3, 0.4) is 0 Å². The van der Waals surface area contributed by atoms with E-state index in [0.29, 0.717) is 80.8 Å². The number of piperidine rings is 8. The van der Waals surface area contributed by atoms with Crippen molar-refractivity contribution in [3.63, 3.8) is 0 Å². The minimum Gasteiger partial charge on any atom is -0.365 e. The zero-order valence-electron chi connectivity index (χ0n) is 66.6. The third kappa shape index (κ3) is 18.4. The first-order chi connectivity index (χ1) is 59.4. The molecule has 8 aliphatic heterocycles. The summed E-state index contributed by atoms with van der Waals surface area (Å²) in [5, 5.41) is 31.7. The second kappa shape index (κ2) is 36.9. The van der Waals surface area contributed by atoms with Gasteiger partial charge in [0.05, 0.1) is 81.3 Å². The maximum absolute atomic E-state index is 14.8. The average molecular weight is 1810 g/mol. The Morgan fingerprint density at radius 3 is 1.25 bits per heavy atom. The molecule has 4 amide bonds. The Balaban J connectivity index is 0.000000116. The van der Waals surface area contributed by atoms with Crippen molar-refractivity contribution in [1.29, 1.82) is 0 Å². The number of anilines is 4. The first kappa shape index (κ1) is 82.6. The van der Waals surface area contributed by atoms with E-state index in [1.165, 1.54) is 29.3 Å². The molecule has 122 heavy (non-hydrogen) atoms. The molecule has 8 bridgehead atoms. The summed E-state index contributed by atoms with van der Waals surface area (Å²) in [6, 6.07) is 34.0. The molecule has 34 heteroatoms. The molecule has 24 rings (SSSR count). The SMILES string of the molecule is Cc1ccc(-n2nccn2)c(C(=O)N2CC3CCC2C(Nc2ccc(Br)cn2)C3)n1.Cc1cnc(-c2ncccn2)c(C(=O)N2CC3CCC2C(Nc2ccc(Br)cn2)C3)c1.O=C(c1cccc(F)c1-c1ncccn1)N1CC2CCC1C(Nc1ccc(Cl)cn1)C2.O=C(c1cccc(F)c1-n1nccn1)N1CC2CCC1C(Nc1ccc(Cl)cn1)C2. The number of amides is 4. The Morgan fingerprint density at radius 2 is 0.811 bits per heavy atom. The molecular weight excluding hydrogens is 1730 g/mol. The molecule has 624 valence electrons. The fraction of sp³-hybridized carbons (Fsp3) is 0.341. The molecule has 12 aliphatic rings. The first-order valence-corrected chi connectivity index (χ1v) is 43.3. The molecule has 2 aromatic carbocycles. The van der Waals surface area contributed by atoms with E-state index in [1.54, 1.807) is 117 Å². The van der Waals surface area contributed by atoms with Gasteiger partial charge < -0.3 is 40.9 Å². The number of nitrogens with zero attached hydrogens (tertiary/aromatic N) is 20. The topological polar surface area (TPSA) is 320 Å². The van der Waals surface area contributed by atoms with Crippen LogP contribution in [0, 0.1) is 49.2 Å². The van der Waals surface area contributed by atoms with E-state index in [-0.39, 0.29) is 94.6 Å². The van der Waals surface area contributed by atoms with Crippen LogP contribution in [0.2, 0.25) is 10.0 Å². The number of nitrogens with one attached hydrogen (secondary N) is 4. The molecular formula is C88H86Br2Cl2F2N24O4. The number of fused-ring (bicyclic) bond motifs is 12. The lowest BCUT2D eigenvalue weighted by Gasteiger charge is -2.50. The predicted octanol–water partition coefficient (Wildman–Crippen LogP) is 15.3. The summed E-state index contributed by atoms with van der Waals surface area (Å²) < 4.78 is 31.3. The molecule has 18 heterocycles. The maximum atomic E-state index is 14.8. The van der Waals surface area contributed by atoms with Gasteiger partial charge in [0.15, 0.2) is 23.2 Å². The van der Waals surface area contributed by atoms with Gasteiger partial charge in [-0.25, -0.2) is 53.6 Å². The van der Waals surface area contributed by atoms with E-state index in [1.807, 2.05) is 88.0 Å². The van der Waals surface area contributed by atoms with Gasteiger partial charge in [-0.05, 0) is 255 Å². The Bertz CT molecular complexity index is 5520. The largest absolute Gasteiger partial charge is 0.365 e. The van der Waals surface area contributed by atoms with Crippen LogP contribution in [0.5, 0.6) is 0 Å². The highest BCUT2D eigenvalue weighted by Crippen LogP contribution is 2.44. The zero-order chi connectivity index (χ0) is 84.1. The van der Waals surface area contributed by atoms with Crippen LogP contribution >= 0.6 is 55.1 Å². The van der Waals surface area contributed by atoms with Gasteiger partial charge in [0, 0.05) is 121 Å². The van der Waals surface area contributed by atoms with Crippen LogP contribution in [0.4, 0.5) is 32.1 Å². The Labute approximate surface area is 729 Å². The van der Waals surface area contributed by atoms with Gasteiger partial charge in [-0.3, -0.25) is 24.2 Å². The van der Waals surface area contributed by atoms with Crippen LogP contribution in [-0.4, -0.2) is 198 Å². The molecule has 12 atom stereocenters. The normalized spacial score (nSPS) is 22.6. The summed E-state index contributed by atoms with van der Waals surface area (Å²) in [7, 11) is 0. The highest BCUT2D eigenvalue weighted by atomic mass is 79.9. The van der Waals surface area contributed by atoms with Gasteiger partial charge in [0.25, 0.3) is 23.6 Å². The molecule has 12 unspecified atom stereocenters. The van der Waals surface area contributed by atoms with Gasteiger partial charge in [-0.2, -0.15) is 20.4 Å². The minimum atomic E-state index is -0.528. The molecule has 0 spiro atoms. The summed E-state index contributed by atoms with van der Waals surface area (Å²) in [6.45, 7) is 6.71. The molecule has 4 saturated carbocycles. The van der Waals surface area contributed by atoms with Crippen molar-refractivity contribution in [3.05, 3.63) is 260 Å². The number of carbonyl (C=O) groups excluding carboxylic acids is 4. The molecule has 12 aromatic rings. The van der Waals surface area contributed by atoms with Gasteiger partial charge in [0.1, 0.15) is 46.2 Å². The fourth-order valence-corrected chi connectivity index (χ4v) is 19.3. The molecule has 28 nitrogen and oxygen atoms in total. The Kier molecular flexibility index (Phi) is 25.0. The van der Waals surface area contributed by atoms with Gasteiger partial charge in [-0.1, -0.05) is 35.3 Å². The quantitative estimate of drug-likeness (QED) is 0.0698. The Hall–Kier alpha value is -11.7. The summed E-state index contributed by atoms with van der Waals surface area (Å²) in [6.07, 6.45) is 33.3. The van der Waals surface area contributed by atoms with E-state index in [4.69, 9.17) is 23.2 Å². The molecule has 0 radical (unpaired) electrons. The molecule has 12 fully saturated rings. The molecule has 8 saturated heterocycles. The molecule has 4 N–H and O–H groups in total. The molecule has 10 aromatic heterocycles. The van der Waals surface area contributed by atoms with Crippen molar-refractivity contribution in [2.45, 2.75) is 139 Å². The lowest BCUT2D eigenvalue weighted by Crippen LogP contribution is -2.60. The maximum Gasteiger partial charge on any atom is 0.275 e. The standard InChI is InChI=1S/C23H23BrN6O.C23H21ClFN5O.C21H22BrN7O.C21H20ClFN6O/c1-14-9-17(21(28-11-14)22-25-7-2-8-26-22)23(31)30-13-15-3-5-19(30)18(10-15)29-20-6-4-16(24)12-27-20;24-15-6-8-20(28-12-15)29-18-11-14-5-7-19(18)30(13-14)23(31)16-3-1-4-17(25)21(16)22-26-9-2-10-27-22;1-13-2-5-18(29-24-8-9-25-29)20(26-13)21(30)28-12-14-3-6-17(28)16(10-14)27-19-7-4-15(22)11-23-19;22-14-5-7-19(24-11-14)27-17-10-13-4-6-18(17)28(12-13)21(30)15-2-1-3-16(23)20(15)29-25-8-9-26-29/h2,4,6-9,11-12,15,18-19H,3,5,10,13H2,1H3,(H,27,29);1-4,6,8-10,12,14,18-19H,5,7,11,13H2,(H,28,29);2,4-5,7-9,11,14,16-17H,3,6,10,12H2,1H3,(H,23,27);1-3,5,7-9,11,13,17-18H,4,6,10,12H2,(H,24,27). The van der Waals surface area contributed by atoms with Crippen molar-refractivity contribution in [3.8, 4) is 34.3 Å². The van der Waals surface area contributed by atoms with E-state index >= 15 is 0 Å². The van der Waals surface area contributed by atoms with Crippen molar-refractivity contribution in [2.24, 2.45) is 23.7 Å². The third-order valence-electron chi connectivity index (χ3n) is 24.1. The first-order valence-electron chi connectivity index (χ1n) is 40.9. The summed E-state index contributed by atoms with van der Waals surface area (Å²) in [5.74, 6) is 4.09. The number of aromatic nitrogens is 16. The van der Waals surface area contributed by atoms with Crippen LogP contribution in [0.25, 0.3) is 34.3 Å². The number of halogens is 6. The third-order valence-corrected chi connectivity index (χ3v) is 25.5. The van der Waals surface area contributed by atoms with Gasteiger partial charge in [-0.15, -0.1) is 9.59 Å². The van der Waals surface area contributed by atoms with Gasteiger partial charge in [0.2, 0.25) is 0 Å². The second-order valence-electron chi connectivity index (χ2n) is 32.1. The monoisotopic (exact) mass is 1810 g/mol. The average Bonchev–Trinajstić information content (AvgIpc) is 1.01. The lowest BCUT2D eigenvalue weighted by atomic mass is 9.76. The van der Waals surface area contributed by atoms with E-state index < -0.39 is 11.6 Å². The van der Waals surface area contributed by atoms with Gasteiger partial charge >= 0.3 is 0 Å². The van der Waals surface area contributed by atoms with E-state index in [2.05, 4.69) is 123 Å². The number of benzene rings is 2. The lowest BCUT2D eigenvalue weighted by molar-refractivity contribution is 0.0273. The second-order valence-corrected chi connectivity index (χ2v) is 34.8. The number of aryl methyl sites for hydroxylation is 2. The number of pyridine rings is 6. The van der Waals surface area contributed by atoms with Crippen LogP contribution in [-0.2, 0) is 0 Å². The minimum absolute atomic E-state index is 0.00155. The number of hydrogen-bond acceptors (Lipinski definition) is 22. The van der Waals surface area contributed by atoms with Crippen molar-refractivity contribution >= 4 is 102 Å². The van der Waals surface area contributed by atoms with Crippen LogP contribution in [0.1, 0.15) is 130 Å². The zero-order valence-corrected chi connectivity index (χ0v) is 71.2. The van der Waals surface area contributed by atoms with E-state index in [9.17, 15) is 28.0 Å². The van der Waals surface area contributed by atoms with E-state index in [0.717, 1.165) is 138 Å². The summed E-state index contributed by atoms with van der Waals surface area (Å²) in [5.41, 5.74) is 4.65. The van der Waals surface area contributed by atoms with Crippen LogP contribution in [0.15, 0.2) is 205 Å². The number of carbonyl (C=O) groups is 4. The highest BCUT2D eigenvalue weighted by Gasteiger charge is 2.49. The van der Waals surface area contributed by atoms with Crippen molar-refractivity contribution in [2.75, 3.05) is 47.4 Å². The summed E-state index contributed by atoms with van der Waals surface area (Å²) >= 11 is 18.7. The van der Waals surface area contributed by atoms with Crippen molar-refractivity contribution < 1.29 is 28.0 Å². The fourth-order valence-electron chi connectivity index (χ4n) is 18.7. The Morgan fingerprint density at radius 1 is 0.402 bits per heavy atom. The number of rotatable bonds is 16. The number of para-hydroxylation sites is 1. The molecule has 4 aliphatic carbocycles.